The number of halogens is 2. The molecule has 3 heterocycles. The van der Waals surface area contributed by atoms with E-state index in [-0.39, 0.29) is 28.9 Å². The number of carbonyl (C=O) groups is 1. The number of aliphatic hydroxyl groups excluding tert-OH is 1. The van der Waals surface area contributed by atoms with Crippen LogP contribution in [0.5, 0.6) is 0 Å². The molecule has 0 aliphatic carbocycles. The number of anilines is 1. The van der Waals surface area contributed by atoms with Gasteiger partial charge in [-0.1, -0.05) is 6.07 Å². The zero-order valence-electron chi connectivity index (χ0n) is 16.6. The summed E-state index contributed by atoms with van der Waals surface area (Å²) in [5, 5.41) is 18.4. The molecule has 1 aliphatic heterocycles. The molecular weight excluding hydrogens is 428 g/mol. The quantitative estimate of drug-likeness (QED) is 0.564. The number of carbonyl (C=O) groups excluding carboxylic acids is 1. The number of aromatic nitrogens is 3. The Kier molecular flexibility index (Phi) is 6.10. The van der Waals surface area contributed by atoms with Crippen LogP contribution in [0.15, 0.2) is 29.8 Å². The highest BCUT2D eigenvalue weighted by atomic mass is 32.1. The molecule has 1 aliphatic rings. The van der Waals surface area contributed by atoms with Crippen LogP contribution in [0, 0.1) is 11.6 Å². The van der Waals surface area contributed by atoms with E-state index in [4.69, 9.17) is 10.5 Å². The van der Waals surface area contributed by atoms with Crippen LogP contribution >= 0.6 is 11.3 Å². The van der Waals surface area contributed by atoms with Gasteiger partial charge in [-0.15, -0.1) is 11.3 Å². The second-order valence-corrected chi connectivity index (χ2v) is 8.14. The summed E-state index contributed by atoms with van der Waals surface area (Å²) < 4.78 is 35.4. The first-order valence-electron chi connectivity index (χ1n) is 9.63. The predicted octanol–water partition coefficient (Wildman–Crippen LogP) is 2.61. The highest BCUT2D eigenvalue weighted by Gasteiger charge is 2.29. The number of nitrogens with one attached hydrogen (secondary N) is 1. The van der Waals surface area contributed by atoms with Gasteiger partial charge in [-0.25, -0.2) is 13.8 Å². The van der Waals surface area contributed by atoms with Gasteiger partial charge in [0.2, 0.25) is 0 Å². The molecule has 11 heteroatoms. The van der Waals surface area contributed by atoms with Gasteiger partial charge < -0.3 is 20.9 Å². The average Bonchev–Trinajstić information content (AvgIpc) is 3.31. The van der Waals surface area contributed by atoms with E-state index in [1.54, 1.807) is 11.7 Å². The number of amides is 1. The maximum absolute atomic E-state index is 14.0. The molecule has 1 saturated heterocycles. The monoisotopic (exact) mass is 449 g/mol. The van der Waals surface area contributed by atoms with Gasteiger partial charge in [-0.05, 0) is 25.0 Å². The third-order valence-electron chi connectivity index (χ3n) is 5.18. The maximum atomic E-state index is 14.0. The van der Waals surface area contributed by atoms with Crippen molar-refractivity contribution in [3.63, 3.8) is 0 Å². The molecule has 0 saturated carbocycles. The normalized spacial score (nSPS) is 21.6. The summed E-state index contributed by atoms with van der Waals surface area (Å²) in [4.78, 5) is 16.9. The summed E-state index contributed by atoms with van der Waals surface area (Å²) in [6, 6.07) is 3.15. The third kappa shape index (κ3) is 4.35. The molecule has 4 N–H and O–H groups in total. The van der Waals surface area contributed by atoms with Crippen molar-refractivity contribution in [1.29, 1.82) is 0 Å². The molecule has 4 rings (SSSR count). The summed E-state index contributed by atoms with van der Waals surface area (Å²) >= 11 is 0.971. The zero-order chi connectivity index (χ0) is 22.1. The molecule has 0 bridgehead atoms. The summed E-state index contributed by atoms with van der Waals surface area (Å²) in [5.41, 5.74) is 6.73. The molecular formula is C20H21F2N5O3S. The molecule has 1 fully saturated rings. The Morgan fingerprint density at radius 2 is 2.10 bits per heavy atom. The minimum atomic E-state index is -0.761. The van der Waals surface area contributed by atoms with Crippen LogP contribution in [0.25, 0.3) is 10.6 Å². The van der Waals surface area contributed by atoms with Crippen molar-refractivity contribution in [3.05, 3.63) is 52.8 Å². The fourth-order valence-corrected chi connectivity index (χ4v) is 4.33. The fourth-order valence-electron chi connectivity index (χ4n) is 3.48. The van der Waals surface area contributed by atoms with E-state index in [9.17, 15) is 18.7 Å². The lowest BCUT2D eigenvalue weighted by Gasteiger charge is -2.17. The number of thiazole rings is 1. The van der Waals surface area contributed by atoms with Crippen molar-refractivity contribution >= 4 is 22.9 Å². The molecule has 3 atom stereocenters. The minimum Gasteiger partial charge on any atom is -0.389 e. The van der Waals surface area contributed by atoms with Crippen LogP contribution in [-0.2, 0) is 11.8 Å². The summed E-state index contributed by atoms with van der Waals surface area (Å²) in [7, 11) is 1.72. The largest absolute Gasteiger partial charge is 0.389 e. The molecule has 164 valence electrons. The second-order valence-electron chi connectivity index (χ2n) is 7.29. The van der Waals surface area contributed by atoms with E-state index in [1.807, 2.05) is 0 Å². The first-order valence-corrected chi connectivity index (χ1v) is 10.5. The van der Waals surface area contributed by atoms with Crippen molar-refractivity contribution in [2.45, 2.75) is 31.1 Å². The fraction of sp³-hybridized carbons (Fsp3) is 0.350. The van der Waals surface area contributed by atoms with Crippen molar-refractivity contribution < 1.29 is 23.4 Å². The van der Waals surface area contributed by atoms with Gasteiger partial charge in [0.1, 0.15) is 28.4 Å². The van der Waals surface area contributed by atoms with Crippen molar-refractivity contribution in [1.82, 2.24) is 14.8 Å². The van der Waals surface area contributed by atoms with Gasteiger partial charge in [-0.3, -0.25) is 9.48 Å². The third-order valence-corrected chi connectivity index (χ3v) is 6.04. The summed E-state index contributed by atoms with van der Waals surface area (Å²) in [6.45, 7) is 0.0774. The highest BCUT2D eigenvalue weighted by Crippen LogP contribution is 2.33. The summed E-state index contributed by atoms with van der Waals surface area (Å²) in [5.74, 6) is -2.04. The molecule has 0 radical (unpaired) electrons. The first kappa shape index (κ1) is 21.5. The van der Waals surface area contributed by atoms with Gasteiger partial charge in [0.05, 0.1) is 35.9 Å². The van der Waals surface area contributed by atoms with Crippen molar-refractivity contribution in [2.75, 3.05) is 11.9 Å². The van der Waals surface area contributed by atoms with Crippen molar-refractivity contribution in [2.24, 2.45) is 12.8 Å². The number of hydrogen-bond donors (Lipinski definition) is 3. The van der Waals surface area contributed by atoms with Crippen molar-refractivity contribution in [3.8, 4) is 10.6 Å². The van der Waals surface area contributed by atoms with Gasteiger partial charge >= 0.3 is 0 Å². The zero-order valence-corrected chi connectivity index (χ0v) is 17.4. The topological polar surface area (TPSA) is 115 Å². The SMILES string of the molecule is Cn1ncc(NC(=O)c2csc(-c3c(F)cccc3F)n2)c1[C@@H]1CC[C@@H](N)[C@@H](O)CO1. The number of benzene rings is 1. The Balaban J connectivity index is 1.55. The van der Waals surface area contributed by atoms with E-state index in [0.29, 0.717) is 24.2 Å². The molecule has 0 spiro atoms. The van der Waals surface area contributed by atoms with Crippen LogP contribution in [0.3, 0.4) is 0 Å². The first-order chi connectivity index (χ1) is 14.8. The van der Waals surface area contributed by atoms with Crippen LogP contribution in [-0.4, -0.2) is 44.5 Å². The molecule has 8 nitrogen and oxygen atoms in total. The Morgan fingerprint density at radius 3 is 2.84 bits per heavy atom. The smallest absolute Gasteiger partial charge is 0.275 e. The van der Waals surface area contributed by atoms with Gasteiger partial charge in [0.15, 0.2) is 0 Å². The lowest BCUT2D eigenvalue weighted by atomic mass is 10.0. The predicted molar refractivity (Wildman–Crippen MR) is 111 cm³/mol. The minimum absolute atomic E-state index is 0.0247. The lowest BCUT2D eigenvalue weighted by Crippen LogP contribution is -2.35. The standard InChI is InChI=1S/C20H21F2N5O3S/c1-27-18(16-6-5-12(23)15(28)8-30-16)13(7-24-27)25-19(29)14-9-31-20(26-14)17-10(21)3-2-4-11(17)22/h2-4,7,9,12,15-16,28H,5-6,8,23H2,1H3,(H,25,29)/t12-,15+,16+/m1/s1. The Bertz CT molecular complexity index is 1070. The van der Waals surface area contributed by atoms with E-state index >= 15 is 0 Å². The molecule has 2 aromatic heterocycles. The molecule has 3 aromatic rings. The van der Waals surface area contributed by atoms with Gasteiger partial charge in [0.25, 0.3) is 5.91 Å². The van der Waals surface area contributed by atoms with Crippen LogP contribution < -0.4 is 11.1 Å². The number of rotatable bonds is 4. The van der Waals surface area contributed by atoms with Crippen LogP contribution in [0.1, 0.15) is 35.1 Å². The maximum Gasteiger partial charge on any atom is 0.275 e. The second kappa shape index (κ2) is 8.79. The number of ether oxygens (including phenoxy) is 1. The van der Waals surface area contributed by atoms with Gasteiger partial charge in [0, 0.05) is 18.5 Å². The highest BCUT2D eigenvalue weighted by molar-refractivity contribution is 7.13. The Labute approximate surface area is 180 Å². The number of hydrogen-bond acceptors (Lipinski definition) is 7. The van der Waals surface area contributed by atoms with E-state index in [2.05, 4.69) is 15.4 Å². The summed E-state index contributed by atoms with van der Waals surface area (Å²) in [6.07, 6.45) is 1.41. The molecule has 1 amide bonds. The van der Waals surface area contributed by atoms with E-state index in [0.717, 1.165) is 23.5 Å². The average molecular weight is 449 g/mol. The molecule has 0 unspecified atom stereocenters. The van der Waals surface area contributed by atoms with Crippen LogP contribution in [0.2, 0.25) is 0 Å². The number of nitrogens with zero attached hydrogens (tertiary/aromatic N) is 3. The van der Waals surface area contributed by atoms with E-state index < -0.39 is 29.7 Å². The lowest BCUT2D eigenvalue weighted by molar-refractivity contribution is -0.00229. The Morgan fingerprint density at radius 1 is 1.35 bits per heavy atom. The number of aliphatic hydroxyl groups is 1. The van der Waals surface area contributed by atoms with Crippen LogP contribution in [0.4, 0.5) is 14.5 Å². The number of nitrogens with two attached hydrogens (primary N) is 1. The number of aryl methyl sites for hydroxylation is 1. The molecule has 1 aromatic carbocycles. The Hall–Kier alpha value is -2.73. The molecule has 31 heavy (non-hydrogen) atoms. The van der Waals surface area contributed by atoms with Gasteiger partial charge in [-0.2, -0.15) is 5.10 Å². The van der Waals surface area contributed by atoms with E-state index in [1.165, 1.54) is 17.6 Å².